The van der Waals surface area contributed by atoms with Crippen molar-refractivity contribution in [3.63, 3.8) is 0 Å². The highest BCUT2D eigenvalue weighted by molar-refractivity contribution is 7.98. The van der Waals surface area contributed by atoms with Crippen LogP contribution in [-0.2, 0) is 0 Å². The maximum atomic E-state index is 5.72. The summed E-state index contributed by atoms with van der Waals surface area (Å²) in [6.07, 6.45) is 2.70. The molecule has 0 bridgehead atoms. The van der Waals surface area contributed by atoms with Crippen molar-refractivity contribution in [3.8, 4) is 5.75 Å². The van der Waals surface area contributed by atoms with E-state index in [0.717, 1.165) is 18.0 Å². The van der Waals surface area contributed by atoms with Gasteiger partial charge in [0.1, 0.15) is 11.6 Å². The minimum Gasteiger partial charge on any atom is -0.491 e. The van der Waals surface area contributed by atoms with Gasteiger partial charge in [0.05, 0.1) is 6.10 Å². The van der Waals surface area contributed by atoms with Crippen molar-refractivity contribution in [3.05, 3.63) is 29.8 Å². The fourth-order valence-electron chi connectivity index (χ4n) is 2.93. The molecule has 108 valence electrons. The first-order valence-corrected chi connectivity index (χ1v) is 8.39. The molecule has 0 N–H and O–H groups in total. The first kappa shape index (κ1) is 13.8. The van der Waals surface area contributed by atoms with Crippen LogP contribution < -0.4 is 4.74 Å². The third-order valence-corrected chi connectivity index (χ3v) is 4.50. The lowest BCUT2D eigenvalue weighted by atomic mass is 9.89. The second-order valence-corrected chi connectivity index (χ2v) is 6.55. The average molecular weight is 290 g/mol. The van der Waals surface area contributed by atoms with Gasteiger partial charge in [-0.2, -0.15) is 0 Å². The number of nitrogens with zero attached hydrogens (tertiary/aromatic N) is 2. The zero-order chi connectivity index (χ0) is 13.9. The van der Waals surface area contributed by atoms with Crippen molar-refractivity contribution in [1.82, 2.24) is 4.90 Å². The fraction of sp³-hybridized carbons (Fsp3) is 0.562. The van der Waals surface area contributed by atoms with Gasteiger partial charge in [-0.15, -0.1) is 0 Å². The van der Waals surface area contributed by atoms with Crippen molar-refractivity contribution >= 4 is 17.8 Å². The molecule has 2 aliphatic rings. The van der Waals surface area contributed by atoms with Crippen molar-refractivity contribution in [2.45, 2.75) is 38.7 Å². The van der Waals surface area contributed by atoms with Crippen LogP contribution in [0, 0.1) is 0 Å². The number of ether oxygens (including phenoxy) is 1. The van der Waals surface area contributed by atoms with E-state index >= 15 is 0 Å². The highest BCUT2D eigenvalue weighted by Crippen LogP contribution is 2.33. The summed E-state index contributed by atoms with van der Waals surface area (Å²) in [6, 6.07) is 8.58. The summed E-state index contributed by atoms with van der Waals surface area (Å²) in [5, 5.41) is 0. The Hall–Kier alpha value is -1.16. The number of hydrogen-bond donors (Lipinski definition) is 0. The molecule has 0 aliphatic carbocycles. The van der Waals surface area contributed by atoms with Crippen LogP contribution in [0.3, 0.4) is 0 Å². The van der Waals surface area contributed by atoms with Crippen LogP contribution in [0.25, 0.3) is 0 Å². The van der Waals surface area contributed by atoms with Gasteiger partial charge in [-0.05, 0) is 56.3 Å². The zero-order valence-corrected chi connectivity index (χ0v) is 13.0. The molecule has 0 amide bonds. The monoisotopic (exact) mass is 290 g/mol. The predicted molar refractivity (Wildman–Crippen MR) is 85.6 cm³/mol. The van der Waals surface area contributed by atoms with Crippen molar-refractivity contribution in [2.75, 3.05) is 18.8 Å². The Morgan fingerprint density at radius 1 is 1.25 bits per heavy atom. The molecule has 2 aliphatic heterocycles. The topological polar surface area (TPSA) is 24.8 Å². The molecular weight excluding hydrogens is 268 g/mol. The Kier molecular flexibility index (Phi) is 4.20. The van der Waals surface area contributed by atoms with Gasteiger partial charge < -0.3 is 9.64 Å². The van der Waals surface area contributed by atoms with Crippen LogP contribution in [-0.4, -0.2) is 35.7 Å². The third-order valence-electron chi connectivity index (χ3n) is 3.82. The minimum atomic E-state index is 0.227. The van der Waals surface area contributed by atoms with Gasteiger partial charge in [0.15, 0.2) is 0 Å². The van der Waals surface area contributed by atoms with Gasteiger partial charge in [0.2, 0.25) is 0 Å². The zero-order valence-electron chi connectivity index (χ0n) is 12.2. The number of rotatable bonds is 3. The van der Waals surface area contributed by atoms with E-state index in [1.165, 1.54) is 30.8 Å². The quantitative estimate of drug-likeness (QED) is 0.793. The molecule has 1 unspecified atom stereocenters. The van der Waals surface area contributed by atoms with Crippen LogP contribution in [0.2, 0.25) is 0 Å². The summed E-state index contributed by atoms with van der Waals surface area (Å²) in [5.41, 5.74) is 1.37. The molecule has 1 atom stereocenters. The van der Waals surface area contributed by atoms with Crippen LogP contribution in [0.4, 0.5) is 0 Å². The smallest absolute Gasteiger partial charge is 0.120 e. The van der Waals surface area contributed by atoms with Crippen molar-refractivity contribution in [1.29, 1.82) is 0 Å². The van der Waals surface area contributed by atoms with Gasteiger partial charge in [-0.25, -0.2) is 4.40 Å². The van der Waals surface area contributed by atoms with E-state index < -0.39 is 0 Å². The molecule has 2 heterocycles. The lowest BCUT2D eigenvalue weighted by molar-refractivity contribution is 0.242. The molecule has 1 saturated heterocycles. The molecule has 20 heavy (non-hydrogen) atoms. The Labute approximate surface area is 125 Å². The lowest BCUT2D eigenvalue weighted by Gasteiger charge is -2.37. The SMILES string of the molecule is CC(C)Oc1ccc(C2CCCN3CCSN=C23)cc1. The molecule has 3 rings (SSSR count). The largest absolute Gasteiger partial charge is 0.491 e. The highest BCUT2D eigenvalue weighted by atomic mass is 32.2. The van der Waals surface area contributed by atoms with E-state index in [-0.39, 0.29) is 6.10 Å². The number of piperidine rings is 1. The van der Waals surface area contributed by atoms with E-state index in [1.54, 1.807) is 11.9 Å². The highest BCUT2D eigenvalue weighted by Gasteiger charge is 2.29. The Morgan fingerprint density at radius 2 is 2.05 bits per heavy atom. The summed E-state index contributed by atoms with van der Waals surface area (Å²) in [5.74, 6) is 3.82. The van der Waals surface area contributed by atoms with E-state index in [0.29, 0.717) is 5.92 Å². The second kappa shape index (κ2) is 6.08. The molecule has 3 nitrogen and oxygen atoms in total. The fourth-order valence-corrected chi connectivity index (χ4v) is 3.70. The summed E-state index contributed by atoms with van der Waals surface area (Å²) in [6.45, 7) is 6.43. The molecule has 0 aromatic heterocycles. The predicted octanol–water partition coefficient (Wildman–Crippen LogP) is 3.71. The Bertz CT molecular complexity index is 484. The summed E-state index contributed by atoms with van der Waals surface area (Å²) >= 11 is 1.71. The number of hydrogen-bond acceptors (Lipinski definition) is 4. The molecule has 1 aromatic carbocycles. The van der Waals surface area contributed by atoms with E-state index in [4.69, 9.17) is 9.13 Å². The summed E-state index contributed by atoms with van der Waals surface area (Å²) in [7, 11) is 0. The molecule has 1 aromatic rings. The van der Waals surface area contributed by atoms with E-state index in [9.17, 15) is 0 Å². The normalized spacial score (nSPS) is 22.4. The van der Waals surface area contributed by atoms with Crippen LogP contribution in [0.5, 0.6) is 5.75 Å². The molecule has 1 fully saturated rings. The van der Waals surface area contributed by atoms with E-state index in [2.05, 4.69) is 43.0 Å². The molecule has 0 saturated carbocycles. The van der Waals surface area contributed by atoms with Gasteiger partial charge in [-0.1, -0.05) is 12.1 Å². The van der Waals surface area contributed by atoms with Crippen molar-refractivity contribution < 1.29 is 4.74 Å². The molecular formula is C16H22N2OS. The Balaban J connectivity index is 1.79. The second-order valence-electron chi connectivity index (χ2n) is 5.70. The van der Waals surface area contributed by atoms with Crippen LogP contribution >= 0.6 is 11.9 Å². The standard InChI is InChI=1S/C16H22N2OS/c1-12(2)19-14-7-5-13(6-8-14)15-4-3-9-18-10-11-20-17-16(15)18/h5-8,12,15H,3-4,9-11H2,1-2H3. The van der Waals surface area contributed by atoms with Gasteiger partial charge in [-0.3, -0.25) is 0 Å². The number of fused-ring (bicyclic) bond motifs is 1. The minimum absolute atomic E-state index is 0.227. The van der Waals surface area contributed by atoms with Crippen LogP contribution in [0.15, 0.2) is 28.7 Å². The first-order chi connectivity index (χ1) is 9.74. The third kappa shape index (κ3) is 2.95. The maximum absolute atomic E-state index is 5.72. The number of amidine groups is 1. The van der Waals surface area contributed by atoms with Gasteiger partial charge in [0, 0.05) is 24.8 Å². The first-order valence-electron chi connectivity index (χ1n) is 7.45. The maximum Gasteiger partial charge on any atom is 0.120 e. The molecule has 0 spiro atoms. The summed E-state index contributed by atoms with van der Waals surface area (Å²) in [4.78, 5) is 2.46. The Morgan fingerprint density at radius 3 is 2.80 bits per heavy atom. The lowest BCUT2D eigenvalue weighted by Crippen LogP contribution is -2.42. The van der Waals surface area contributed by atoms with Crippen molar-refractivity contribution in [2.24, 2.45) is 4.40 Å². The van der Waals surface area contributed by atoms with Crippen LogP contribution in [0.1, 0.15) is 38.2 Å². The number of benzene rings is 1. The van der Waals surface area contributed by atoms with E-state index in [1.807, 2.05) is 0 Å². The summed E-state index contributed by atoms with van der Waals surface area (Å²) < 4.78 is 10.4. The molecule has 4 heteroatoms. The van der Waals surface area contributed by atoms with Gasteiger partial charge in [0.25, 0.3) is 0 Å². The van der Waals surface area contributed by atoms with Gasteiger partial charge >= 0.3 is 0 Å². The molecule has 0 radical (unpaired) electrons. The average Bonchev–Trinajstić information content (AvgIpc) is 2.47.